The zero-order valence-corrected chi connectivity index (χ0v) is 15.6. The topological polar surface area (TPSA) is 55.1 Å². The van der Waals surface area contributed by atoms with E-state index in [1.807, 2.05) is 35.7 Å². The van der Waals surface area contributed by atoms with Crippen LogP contribution in [0.15, 0.2) is 47.8 Å². The van der Waals surface area contributed by atoms with Crippen LogP contribution < -0.4 is 9.47 Å². The molecule has 0 radical (unpaired) electrons. The first-order chi connectivity index (χ1) is 12.6. The van der Waals surface area contributed by atoms with Crippen molar-refractivity contribution in [1.29, 1.82) is 5.26 Å². The Hall–Kier alpha value is -3.10. The van der Waals surface area contributed by atoms with Crippen molar-refractivity contribution in [3.63, 3.8) is 0 Å². The van der Waals surface area contributed by atoms with Crippen molar-refractivity contribution in [3.8, 4) is 28.8 Å². The molecule has 0 amide bonds. The predicted octanol–water partition coefficient (Wildman–Crippen LogP) is 5.20. The Morgan fingerprint density at radius 2 is 1.81 bits per heavy atom. The zero-order valence-electron chi connectivity index (χ0n) is 14.8. The molecule has 3 rings (SSSR count). The van der Waals surface area contributed by atoms with Gasteiger partial charge in [-0.2, -0.15) is 5.26 Å². The number of nitrogens with zero attached hydrogens (tertiary/aromatic N) is 2. The van der Waals surface area contributed by atoms with Crippen LogP contribution in [-0.2, 0) is 0 Å². The number of aryl methyl sites for hydroxylation is 1. The molecule has 0 atom stereocenters. The quantitative estimate of drug-likeness (QED) is 0.585. The molecule has 1 heterocycles. The second kappa shape index (κ2) is 7.85. The number of benzene rings is 2. The Labute approximate surface area is 157 Å². The van der Waals surface area contributed by atoms with E-state index in [0.29, 0.717) is 22.1 Å². The van der Waals surface area contributed by atoms with E-state index in [1.165, 1.54) is 16.9 Å². The summed E-state index contributed by atoms with van der Waals surface area (Å²) >= 11 is 1.46. The highest BCUT2D eigenvalue weighted by Gasteiger charge is 2.10. The van der Waals surface area contributed by atoms with Crippen molar-refractivity contribution < 1.29 is 9.47 Å². The number of allylic oxidation sites excluding steroid dienone is 1. The summed E-state index contributed by atoms with van der Waals surface area (Å²) < 4.78 is 10.6. The van der Waals surface area contributed by atoms with Gasteiger partial charge in [0.05, 0.1) is 25.5 Å². The molecule has 0 aliphatic rings. The van der Waals surface area contributed by atoms with Gasteiger partial charge in [0.2, 0.25) is 0 Å². The number of rotatable bonds is 5. The first-order valence-electron chi connectivity index (χ1n) is 8.01. The summed E-state index contributed by atoms with van der Waals surface area (Å²) in [6.45, 7) is 2.05. The highest BCUT2D eigenvalue weighted by atomic mass is 32.1. The second-order valence-electron chi connectivity index (χ2n) is 5.69. The van der Waals surface area contributed by atoms with Gasteiger partial charge in [0.25, 0.3) is 0 Å². The number of hydrogen-bond acceptors (Lipinski definition) is 5. The number of ether oxygens (including phenoxy) is 2. The summed E-state index contributed by atoms with van der Waals surface area (Å²) in [5.41, 5.74) is 4.49. The molecular formula is C21H18N2O2S. The minimum Gasteiger partial charge on any atom is -0.493 e. The van der Waals surface area contributed by atoms with Gasteiger partial charge >= 0.3 is 0 Å². The lowest BCUT2D eigenvalue weighted by molar-refractivity contribution is 0.355. The Morgan fingerprint density at radius 3 is 2.46 bits per heavy atom. The van der Waals surface area contributed by atoms with Gasteiger partial charge in [0.1, 0.15) is 11.1 Å². The van der Waals surface area contributed by atoms with E-state index in [9.17, 15) is 5.26 Å². The van der Waals surface area contributed by atoms with Crippen LogP contribution in [0, 0.1) is 18.3 Å². The van der Waals surface area contributed by atoms with Gasteiger partial charge in [0, 0.05) is 10.9 Å². The van der Waals surface area contributed by atoms with E-state index in [2.05, 4.69) is 30.1 Å². The molecule has 0 unspecified atom stereocenters. The molecule has 0 bridgehead atoms. The third kappa shape index (κ3) is 3.76. The number of aromatic nitrogens is 1. The molecule has 1 aromatic heterocycles. The largest absolute Gasteiger partial charge is 0.493 e. The molecule has 0 spiro atoms. The molecule has 2 aromatic carbocycles. The number of hydrogen-bond donors (Lipinski definition) is 0. The summed E-state index contributed by atoms with van der Waals surface area (Å²) in [6, 6.07) is 16.0. The molecule has 0 saturated heterocycles. The van der Waals surface area contributed by atoms with Gasteiger partial charge in [-0.15, -0.1) is 11.3 Å². The average Bonchev–Trinajstić information content (AvgIpc) is 3.16. The molecule has 0 saturated carbocycles. The fourth-order valence-electron chi connectivity index (χ4n) is 2.51. The van der Waals surface area contributed by atoms with Gasteiger partial charge in [-0.3, -0.25) is 0 Å². The van der Waals surface area contributed by atoms with Crippen LogP contribution in [0.4, 0.5) is 0 Å². The van der Waals surface area contributed by atoms with Crippen molar-refractivity contribution >= 4 is 23.0 Å². The Balaban J connectivity index is 1.93. The Kier molecular flexibility index (Phi) is 5.35. The minimum atomic E-state index is 0.514. The predicted molar refractivity (Wildman–Crippen MR) is 105 cm³/mol. The van der Waals surface area contributed by atoms with Crippen LogP contribution in [0.25, 0.3) is 22.9 Å². The summed E-state index contributed by atoms with van der Waals surface area (Å²) in [7, 11) is 3.18. The van der Waals surface area contributed by atoms with Gasteiger partial charge in [-0.05, 0) is 30.7 Å². The van der Waals surface area contributed by atoms with Crippen molar-refractivity contribution in [2.24, 2.45) is 0 Å². The fourth-order valence-corrected chi connectivity index (χ4v) is 3.30. The third-order valence-corrected chi connectivity index (χ3v) is 4.80. The van der Waals surface area contributed by atoms with Crippen molar-refractivity contribution in [1.82, 2.24) is 4.98 Å². The molecule has 5 heteroatoms. The SMILES string of the molecule is COc1ccc(/C=C(\C#N)c2nc(-c3ccc(C)cc3)cs2)cc1OC. The molecule has 4 nitrogen and oxygen atoms in total. The van der Waals surface area contributed by atoms with E-state index < -0.39 is 0 Å². The zero-order chi connectivity index (χ0) is 18.5. The molecule has 130 valence electrons. The Bertz CT molecular complexity index is 982. The second-order valence-corrected chi connectivity index (χ2v) is 6.55. The summed E-state index contributed by atoms with van der Waals surface area (Å²) in [5.74, 6) is 1.28. The van der Waals surface area contributed by atoms with Crippen molar-refractivity contribution in [3.05, 3.63) is 64.0 Å². The number of nitriles is 1. The fraction of sp³-hybridized carbons (Fsp3) is 0.143. The molecular weight excluding hydrogens is 344 g/mol. The highest BCUT2D eigenvalue weighted by Crippen LogP contribution is 2.31. The van der Waals surface area contributed by atoms with Crippen LogP contribution in [0.5, 0.6) is 11.5 Å². The lowest BCUT2D eigenvalue weighted by Crippen LogP contribution is -1.91. The summed E-state index contributed by atoms with van der Waals surface area (Å²) in [6.07, 6.45) is 1.81. The van der Waals surface area contributed by atoms with Crippen molar-refractivity contribution in [2.45, 2.75) is 6.92 Å². The van der Waals surface area contributed by atoms with Crippen LogP contribution in [0.2, 0.25) is 0 Å². The third-order valence-electron chi connectivity index (χ3n) is 3.92. The maximum atomic E-state index is 9.58. The number of methoxy groups -OCH3 is 2. The molecule has 0 N–H and O–H groups in total. The lowest BCUT2D eigenvalue weighted by atomic mass is 10.1. The van der Waals surface area contributed by atoms with E-state index in [1.54, 1.807) is 20.3 Å². The van der Waals surface area contributed by atoms with Crippen LogP contribution >= 0.6 is 11.3 Å². The maximum Gasteiger partial charge on any atom is 0.161 e. The van der Waals surface area contributed by atoms with Crippen LogP contribution in [0.1, 0.15) is 16.1 Å². The lowest BCUT2D eigenvalue weighted by Gasteiger charge is -2.07. The molecule has 0 fully saturated rings. The monoisotopic (exact) mass is 362 g/mol. The van der Waals surface area contributed by atoms with E-state index in [4.69, 9.17) is 9.47 Å². The van der Waals surface area contributed by atoms with Gasteiger partial charge in [-0.25, -0.2) is 4.98 Å². The van der Waals surface area contributed by atoms with Gasteiger partial charge in [0.15, 0.2) is 11.5 Å². The normalized spacial score (nSPS) is 11.1. The first-order valence-corrected chi connectivity index (χ1v) is 8.89. The minimum absolute atomic E-state index is 0.514. The van der Waals surface area contributed by atoms with Gasteiger partial charge in [-0.1, -0.05) is 35.9 Å². The maximum absolute atomic E-state index is 9.58. The molecule has 0 aliphatic carbocycles. The molecule has 0 aliphatic heterocycles. The number of thiazole rings is 1. The van der Waals surface area contributed by atoms with E-state index in [0.717, 1.165) is 16.8 Å². The molecule has 3 aromatic rings. The summed E-state index contributed by atoms with van der Waals surface area (Å²) in [5, 5.41) is 12.2. The van der Waals surface area contributed by atoms with Gasteiger partial charge < -0.3 is 9.47 Å². The van der Waals surface area contributed by atoms with Crippen LogP contribution in [-0.4, -0.2) is 19.2 Å². The highest BCUT2D eigenvalue weighted by molar-refractivity contribution is 7.11. The van der Waals surface area contributed by atoms with Crippen LogP contribution in [0.3, 0.4) is 0 Å². The van der Waals surface area contributed by atoms with Crippen molar-refractivity contribution in [2.75, 3.05) is 14.2 Å². The Morgan fingerprint density at radius 1 is 1.08 bits per heavy atom. The standard InChI is InChI=1S/C21H18N2O2S/c1-14-4-7-16(8-5-14)18-13-26-21(23-18)17(12-22)10-15-6-9-19(24-2)20(11-15)25-3/h4-11,13H,1-3H3/b17-10+. The smallest absolute Gasteiger partial charge is 0.161 e. The summed E-state index contributed by atoms with van der Waals surface area (Å²) in [4.78, 5) is 4.63. The first kappa shape index (κ1) is 17.7. The van der Waals surface area contributed by atoms with E-state index >= 15 is 0 Å². The van der Waals surface area contributed by atoms with E-state index in [-0.39, 0.29) is 0 Å². The average molecular weight is 362 g/mol. The molecule has 26 heavy (non-hydrogen) atoms.